The average molecular weight is 250 g/mol. The summed E-state index contributed by atoms with van der Waals surface area (Å²) in [6.07, 6.45) is -4.75. The first-order chi connectivity index (χ1) is 7.97. The van der Waals surface area contributed by atoms with Crippen LogP contribution in [-0.2, 0) is 23.8 Å². The molecule has 0 saturated heterocycles. The molecule has 0 bridgehead atoms. The molecule has 0 aliphatic heterocycles. The molecule has 0 unspecified atom stereocenters. The van der Waals surface area contributed by atoms with E-state index in [0.29, 0.717) is 6.29 Å². The van der Waals surface area contributed by atoms with E-state index in [4.69, 9.17) is 4.74 Å². The first kappa shape index (κ1) is 16.0. The third-order valence-corrected chi connectivity index (χ3v) is 2.10. The van der Waals surface area contributed by atoms with Crippen molar-refractivity contribution in [3.05, 3.63) is 0 Å². The van der Waals surface area contributed by atoms with Crippen molar-refractivity contribution in [3.8, 4) is 0 Å². The van der Waals surface area contributed by atoms with Crippen LogP contribution in [0.2, 0.25) is 0 Å². The molecular formula is C10H18O7. The number of aliphatic hydroxyl groups excluding tert-OH is 2. The maximum atomic E-state index is 10.7. The van der Waals surface area contributed by atoms with Gasteiger partial charge in [0, 0.05) is 21.1 Å². The summed E-state index contributed by atoms with van der Waals surface area (Å²) >= 11 is 0. The Kier molecular flexibility index (Phi) is 7.64. The molecule has 0 rings (SSSR count). The van der Waals surface area contributed by atoms with Gasteiger partial charge in [0.05, 0.1) is 6.61 Å². The van der Waals surface area contributed by atoms with Gasteiger partial charge in [-0.05, 0) is 0 Å². The van der Waals surface area contributed by atoms with Crippen LogP contribution in [0.15, 0.2) is 0 Å². The van der Waals surface area contributed by atoms with E-state index in [1.165, 1.54) is 14.2 Å². The van der Waals surface area contributed by atoms with Gasteiger partial charge in [0.2, 0.25) is 0 Å². The molecule has 0 radical (unpaired) electrons. The Balaban J connectivity index is 4.65. The van der Waals surface area contributed by atoms with E-state index in [-0.39, 0.29) is 6.61 Å². The highest BCUT2D eigenvalue weighted by Gasteiger charge is 2.34. The molecule has 0 spiro atoms. The number of methoxy groups -OCH3 is 2. The normalized spacial score (nSPS) is 17.9. The Morgan fingerprint density at radius 1 is 1.35 bits per heavy atom. The SMILES string of the molecule is COC[C@@H](O)[C@@H](O)[C@H](OC)[C@H](C=O)OC(C)=O. The molecule has 0 saturated carbocycles. The van der Waals surface area contributed by atoms with Gasteiger partial charge in [-0.2, -0.15) is 0 Å². The molecule has 0 aliphatic carbocycles. The highest BCUT2D eigenvalue weighted by molar-refractivity contribution is 5.70. The summed E-state index contributed by atoms with van der Waals surface area (Å²) in [4.78, 5) is 21.5. The van der Waals surface area contributed by atoms with Crippen molar-refractivity contribution < 1.29 is 34.0 Å². The number of rotatable bonds is 8. The van der Waals surface area contributed by atoms with Crippen molar-refractivity contribution in [2.45, 2.75) is 31.3 Å². The topological polar surface area (TPSA) is 102 Å². The zero-order chi connectivity index (χ0) is 13.4. The lowest BCUT2D eigenvalue weighted by atomic mass is 10.0. The second-order valence-corrected chi connectivity index (χ2v) is 3.42. The maximum absolute atomic E-state index is 10.7. The van der Waals surface area contributed by atoms with E-state index >= 15 is 0 Å². The van der Waals surface area contributed by atoms with Gasteiger partial charge in [0.1, 0.15) is 18.3 Å². The van der Waals surface area contributed by atoms with Crippen molar-refractivity contribution >= 4 is 12.3 Å². The summed E-state index contributed by atoms with van der Waals surface area (Å²) in [6, 6.07) is 0. The lowest BCUT2D eigenvalue weighted by molar-refractivity contribution is -0.170. The second-order valence-electron chi connectivity index (χ2n) is 3.42. The summed E-state index contributed by atoms with van der Waals surface area (Å²) in [5.41, 5.74) is 0. The number of aldehydes is 1. The van der Waals surface area contributed by atoms with Gasteiger partial charge in [0.15, 0.2) is 12.4 Å². The fourth-order valence-electron chi connectivity index (χ4n) is 1.32. The van der Waals surface area contributed by atoms with E-state index in [1.54, 1.807) is 0 Å². The van der Waals surface area contributed by atoms with Gasteiger partial charge in [0.25, 0.3) is 0 Å². The molecular weight excluding hydrogens is 232 g/mol. The monoisotopic (exact) mass is 250 g/mol. The van der Waals surface area contributed by atoms with E-state index in [1.807, 2.05) is 0 Å². The van der Waals surface area contributed by atoms with E-state index < -0.39 is 30.4 Å². The smallest absolute Gasteiger partial charge is 0.303 e. The minimum absolute atomic E-state index is 0.132. The summed E-state index contributed by atoms with van der Waals surface area (Å²) in [7, 11) is 2.58. The molecule has 0 aromatic carbocycles. The van der Waals surface area contributed by atoms with Crippen LogP contribution in [-0.4, -0.2) is 67.7 Å². The largest absolute Gasteiger partial charge is 0.452 e. The van der Waals surface area contributed by atoms with Crippen LogP contribution < -0.4 is 0 Å². The Morgan fingerprint density at radius 2 is 1.94 bits per heavy atom. The predicted molar refractivity (Wildman–Crippen MR) is 56.3 cm³/mol. The number of esters is 1. The van der Waals surface area contributed by atoms with Crippen LogP contribution in [0.25, 0.3) is 0 Å². The number of ether oxygens (including phenoxy) is 3. The number of hydrogen-bond acceptors (Lipinski definition) is 7. The molecule has 0 aromatic rings. The lowest BCUT2D eigenvalue weighted by Crippen LogP contribution is -2.49. The molecule has 100 valence electrons. The molecule has 2 N–H and O–H groups in total. The Hall–Kier alpha value is -1.02. The maximum Gasteiger partial charge on any atom is 0.303 e. The number of carbonyl (C=O) groups is 2. The fourth-order valence-corrected chi connectivity index (χ4v) is 1.32. The van der Waals surface area contributed by atoms with Crippen LogP contribution >= 0.6 is 0 Å². The van der Waals surface area contributed by atoms with Crippen LogP contribution in [0, 0.1) is 0 Å². The zero-order valence-corrected chi connectivity index (χ0v) is 10.0. The minimum atomic E-state index is -1.41. The summed E-state index contributed by atoms with van der Waals surface area (Å²) in [5, 5.41) is 19.2. The quantitative estimate of drug-likeness (QED) is 0.399. The van der Waals surface area contributed by atoms with E-state index in [0.717, 1.165) is 6.92 Å². The van der Waals surface area contributed by atoms with Crippen LogP contribution in [0.1, 0.15) is 6.92 Å². The molecule has 4 atom stereocenters. The van der Waals surface area contributed by atoms with Gasteiger partial charge in [-0.25, -0.2) is 0 Å². The number of aliphatic hydroxyl groups is 2. The van der Waals surface area contributed by atoms with Crippen molar-refractivity contribution in [3.63, 3.8) is 0 Å². The van der Waals surface area contributed by atoms with E-state index in [2.05, 4.69) is 9.47 Å². The molecule has 0 amide bonds. The summed E-state index contributed by atoms with van der Waals surface area (Å²) < 4.78 is 14.2. The molecule has 7 heteroatoms. The zero-order valence-electron chi connectivity index (χ0n) is 10.0. The highest BCUT2D eigenvalue weighted by Crippen LogP contribution is 2.11. The van der Waals surface area contributed by atoms with Crippen LogP contribution in [0.4, 0.5) is 0 Å². The molecule has 0 aliphatic rings. The summed E-state index contributed by atoms with van der Waals surface area (Å²) in [6.45, 7) is 0.994. The third kappa shape index (κ3) is 5.22. The van der Waals surface area contributed by atoms with Gasteiger partial charge in [-0.15, -0.1) is 0 Å². The van der Waals surface area contributed by atoms with Crippen molar-refractivity contribution in [1.82, 2.24) is 0 Å². The van der Waals surface area contributed by atoms with Crippen molar-refractivity contribution in [2.75, 3.05) is 20.8 Å². The lowest BCUT2D eigenvalue weighted by Gasteiger charge is -2.28. The van der Waals surface area contributed by atoms with Crippen LogP contribution in [0.5, 0.6) is 0 Å². The first-order valence-electron chi connectivity index (χ1n) is 4.98. The van der Waals surface area contributed by atoms with Crippen molar-refractivity contribution in [1.29, 1.82) is 0 Å². The Labute approximate surface area is 99.3 Å². The van der Waals surface area contributed by atoms with Crippen molar-refractivity contribution in [2.24, 2.45) is 0 Å². The first-order valence-corrected chi connectivity index (χ1v) is 4.98. The fraction of sp³-hybridized carbons (Fsp3) is 0.800. The highest BCUT2D eigenvalue weighted by atomic mass is 16.6. The predicted octanol–water partition coefficient (Wildman–Crippen LogP) is -1.50. The molecule has 7 nitrogen and oxygen atoms in total. The third-order valence-electron chi connectivity index (χ3n) is 2.10. The Bertz CT molecular complexity index is 243. The second kappa shape index (κ2) is 8.13. The average Bonchev–Trinajstić information content (AvgIpc) is 2.28. The molecule has 0 heterocycles. The van der Waals surface area contributed by atoms with Gasteiger partial charge < -0.3 is 24.4 Å². The van der Waals surface area contributed by atoms with Gasteiger partial charge in [-0.3, -0.25) is 9.59 Å². The number of carbonyl (C=O) groups excluding carboxylic acids is 2. The standard InChI is InChI=1S/C10H18O7/c1-6(12)17-8(4-11)10(16-3)9(14)7(13)5-15-2/h4,7-10,13-14H,5H2,1-3H3/t7-,8+,9-,10-/m1/s1. The van der Waals surface area contributed by atoms with Gasteiger partial charge >= 0.3 is 5.97 Å². The van der Waals surface area contributed by atoms with Gasteiger partial charge in [-0.1, -0.05) is 0 Å². The minimum Gasteiger partial charge on any atom is -0.452 e. The Morgan fingerprint density at radius 3 is 2.29 bits per heavy atom. The van der Waals surface area contributed by atoms with Crippen LogP contribution in [0.3, 0.4) is 0 Å². The molecule has 17 heavy (non-hydrogen) atoms. The molecule has 0 fully saturated rings. The molecule has 0 aromatic heterocycles. The number of hydrogen-bond donors (Lipinski definition) is 2. The summed E-state index contributed by atoms with van der Waals surface area (Å²) in [5.74, 6) is -0.683. The van der Waals surface area contributed by atoms with E-state index in [9.17, 15) is 19.8 Å².